The summed E-state index contributed by atoms with van der Waals surface area (Å²) in [4.78, 5) is 19.7. The number of pyridine rings is 3. The van der Waals surface area contributed by atoms with Crippen LogP contribution in [-0.4, -0.2) is 55.2 Å². The van der Waals surface area contributed by atoms with Crippen LogP contribution in [0.15, 0.2) is 67.3 Å². The lowest BCUT2D eigenvalue weighted by molar-refractivity contribution is 0.331. The second-order valence-electron chi connectivity index (χ2n) is 9.94. The van der Waals surface area contributed by atoms with Crippen LogP contribution < -0.4 is 4.74 Å². The fraction of sp³-hybridized carbons (Fsp3) is 0.200. The fourth-order valence-electron chi connectivity index (χ4n) is 5.42. The number of nitrogens with one attached hydrogen (secondary N) is 2. The van der Waals surface area contributed by atoms with Gasteiger partial charge in [-0.25, -0.2) is 4.39 Å². The van der Waals surface area contributed by atoms with Crippen LogP contribution in [-0.2, 0) is 6.54 Å². The lowest BCUT2D eigenvalue weighted by Gasteiger charge is -2.14. The van der Waals surface area contributed by atoms with Crippen LogP contribution in [0.1, 0.15) is 18.4 Å². The number of hydrogen-bond acceptors (Lipinski definition) is 6. The number of ether oxygens (including phenoxy) is 1. The normalized spacial score (nSPS) is 14.0. The number of benzene rings is 1. The van der Waals surface area contributed by atoms with Gasteiger partial charge >= 0.3 is 0 Å². The molecule has 0 unspecified atom stereocenters. The Labute approximate surface area is 223 Å². The highest BCUT2D eigenvalue weighted by molar-refractivity contribution is 6.00. The molecule has 5 aromatic heterocycles. The Bertz CT molecular complexity index is 1820. The van der Waals surface area contributed by atoms with Gasteiger partial charge < -0.3 is 9.72 Å². The first-order chi connectivity index (χ1) is 19.1. The molecule has 2 N–H and O–H groups in total. The van der Waals surface area contributed by atoms with E-state index in [1.165, 1.54) is 37.6 Å². The summed E-state index contributed by atoms with van der Waals surface area (Å²) in [6.45, 7) is 3.19. The van der Waals surface area contributed by atoms with Crippen molar-refractivity contribution in [2.24, 2.45) is 0 Å². The number of nitrogens with zero attached hydrogens (tertiary/aromatic N) is 5. The molecule has 0 aliphatic carbocycles. The van der Waals surface area contributed by atoms with Gasteiger partial charge in [0.25, 0.3) is 0 Å². The Morgan fingerprint density at radius 1 is 0.897 bits per heavy atom. The summed E-state index contributed by atoms with van der Waals surface area (Å²) in [6, 6.07) is 12.7. The Kier molecular flexibility index (Phi) is 5.78. The maximum absolute atomic E-state index is 14.3. The topological polar surface area (TPSA) is 95.6 Å². The van der Waals surface area contributed by atoms with E-state index < -0.39 is 0 Å². The second-order valence-corrected chi connectivity index (χ2v) is 9.94. The lowest BCUT2D eigenvalue weighted by atomic mass is 10.1. The van der Waals surface area contributed by atoms with Crippen LogP contribution in [0.3, 0.4) is 0 Å². The number of aromatic amines is 2. The summed E-state index contributed by atoms with van der Waals surface area (Å²) >= 11 is 0. The average Bonchev–Trinajstić information content (AvgIpc) is 3.72. The number of halogens is 1. The maximum atomic E-state index is 14.3. The minimum absolute atomic E-state index is 0.378. The van der Waals surface area contributed by atoms with Crippen molar-refractivity contribution in [1.29, 1.82) is 0 Å². The van der Waals surface area contributed by atoms with Gasteiger partial charge in [0.1, 0.15) is 17.3 Å². The number of fused-ring (bicyclic) bond motifs is 2. The molecule has 1 saturated heterocycles. The van der Waals surface area contributed by atoms with Crippen molar-refractivity contribution in [2.45, 2.75) is 19.4 Å². The molecule has 0 spiro atoms. The zero-order chi connectivity index (χ0) is 26.3. The summed E-state index contributed by atoms with van der Waals surface area (Å²) in [7, 11) is 1.52. The molecule has 1 aliphatic heterocycles. The zero-order valence-corrected chi connectivity index (χ0v) is 21.4. The van der Waals surface area contributed by atoms with E-state index in [4.69, 9.17) is 4.74 Å². The van der Waals surface area contributed by atoms with E-state index in [9.17, 15) is 4.39 Å². The first-order valence-electron chi connectivity index (χ1n) is 13.0. The molecule has 8 nitrogen and oxygen atoms in total. The number of H-pyrrole nitrogens is 2. The van der Waals surface area contributed by atoms with Gasteiger partial charge in [-0.1, -0.05) is 0 Å². The standard InChI is InChI=1S/C30H26FN7O/c1-39-22-10-19(9-21(31)11-22)29-23-13-27(35-25(23)4-5-33-29)30-24-12-26(34-16-28(24)36-37-30)20-8-18(14-32-15-20)17-38-6-2-3-7-38/h4-5,8-16,35H,2-3,6-7,17H2,1H3,(H,36,37). The molecule has 1 aliphatic rings. The quantitative estimate of drug-likeness (QED) is 0.281. The van der Waals surface area contributed by atoms with E-state index in [0.29, 0.717) is 17.0 Å². The molecule has 7 rings (SSSR count). The smallest absolute Gasteiger partial charge is 0.127 e. The van der Waals surface area contributed by atoms with Crippen LogP contribution in [0.25, 0.3) is 55.7 Å². The van der Waals surface area contributed by atoms with Gasteiger partial charge in [-0.3, -0.25) is 25.0 Å². The summed E-state index contributed by atoms with van der Waals surface area (Å²) in [6.07, 6.45) is 9.83. The van der Waals surface area contributed by atoms with E-state index >= 15 is 0 Å². The van der Waals surface area contributed by atoms with Crippen LogP contribution in [0.4, 0.5) is 4.39 Å². The van der Waals surface area contributed by atoms with E-state index in [2.05, 4.69) is 41.1 Å². The predicted octanol–water partition coefficient (Wildman–Crippen LogP) is 5.97. The lowest BCUT2D eigenvalue weighted by Crippen LogP contribution is -2.18. The highest BCUT2D eigenvalue weighted by Gasteiger charge is 2.17. The monoisotopic (exact) mass is 519 g/mol. The van der Waals surface area contributed by atoms with Crippen LogP contribution >= 0.6 is 0 Å². The van der Waals surface area contributed by atoms with Gasteiger partial charge in [-0.15, -0.1) is 0 Å². The Balaban J connectivity index is 1.28. The summed E-state index contributed by atoms with van der Waals surface area (Å²) in [5, 5.41) is 9.52. The Hall–Kier alpha value is -4.63. The first kappa shape index (κ1) is 23.5. The minimum Gasteiger partial charge on any atom is -0.497 e. The number of aromatic nitrogens is 6. The molecule has 39 heavy (non-hydrogen) atoms. The molecule has 0 saturated carbocycles. The average molecular weight is 520 g/mol. The van der Waals surface area contributed by atoms with Crippen molar-refractivity contribution in [3.8, 4) is 39.7 Å². The van der Waals surface area contributed by atoms with E-state index in [0.717, 1.165) is 64.1 Å². The predicted molar refractivity (Wildman–Crippen MR) is 149 cm³/mol. The van der Waals surface area contributed by atoms with E-state index in [1.54, 1.807) is 12.3 Å². The third kappa shape index (κ3) is 4.40. The Morgan fingerprint density at radius 3 is 2.64 bits per heavy atom. The summed E-state index contributed by atoms with van der Waals surface area (Å²) in [5.41, 5.74) is 7.62. The van der Waals surface area contributed by atoms with Gasteiger partial charge in [0, 0.05) is 58.6 Å². The molecule has 6 aromatic rings. The van der Waals surface area contributed by atoms with Gasteiger partial charge in [0.2, 0.25) is 0 Å². The van der Waals surface area contributed by atoms with Gasteiger partial charge in [0.05, 0.1) is 35.9 Å². The molecule has 6 heterocycles. The van der Waals surface area contributed by atoms with Crippen molar-refractivity contribution >= 4 is 21.8 Å². The third-order valence-corrected chi connectivity index (χ3v) is 7.33. The molecule has 0 amide bonds. The molecule has 0 radical (unpaired) electrons. The molecular weight excluding hydrogens is 493 g/mol. The van der Waals surface area contributed by atoms with Crippen molar-refractivity contribution in [2.75, 3.05) is 20.2 Å². The van der Waals surface area contributed by atoms with Gasteiger partial charge in [-0.2, -0.15) is 5.10 Å². The van der Waals surface area contributed by atoms with Gasteiger partial charge in [0.15, 0.2) is 0 Å². The molecule has 1 aromatic carbocycles. The van der Waals surface area contributed by atoms with Crippen molar-refractivity contribution in [3.05, 3.63) is 78.6 Å². The molecule has 1 fully saturated rings. The molecule has 9 heteroatoms. The maximum Gasteiger partial charge on any atom is 0.127 e. The highest BCUT2D eigenvalue weighted by Crippen LogP contribution is 2.35. The highest BCUT2D eigenvalue weighted by atomic mass is 19.1. The molecule has 0 bridgehead atoms. The van der Waals surface area contributed by atoms with Gasteiger partial charge in [-0.05, 0) is 67.9 Å². The SMILES string of the molecule is COc1cc(F)cc(-c2nccc3[nH]c(-c4n[nH]c5cnc(-c6cncc(CN7CCCC7)c6)cc45)cc23)c1. The number of rotatable bonds is 6. The Morgan fingerprint density at radius 2 is 1.77 bits per heavy atom. The molecule has 0 atom stereocenters. The summed E-state index contributed by atoms with van der Waals surface area (Å²) < 4.78 is 19.5. The van der Waals surface area contributed by atoms with E-state index in [1.807, 2.05) is 36.8 Å². The number of likely N-dealkylation sites (tertiary alicyclic amines) is 1. The van der Waals surface area contributed by atoms with E-state index in [-0.39, 0.29) is 5.82 Å². The van der Waals surface area contributed by atoms with Crippen LogP contribution in [0.2, 0.25) is 0 Å². The fourth-order valence-corrected chi connectivity index (χ4v) is 5.42. The van der Waals surface area contributed by atoms with Crippen molar-refractivity contribution < 1.29 is 9.13 Å². The van der Waals surface area contributed by atoms with Crippen LogP contribution in [0, 0.1) is 5.82 Å². The zero-order valence-electron chi connectivity index (χ0n) is 21.4. The minimum atomic E-state index is -0.378. The summed E-state index contributed by atoms with van der Waals surface area (Å²) in [5.74, 6) is 0.0631. The molecule has 194 valence electrons. The number of hydrogen-bond donors (Lipinski definition) is 2. The second kappa shape index (κ2) is 9.59. The van der Waals surface area contributed by atoms with Crippen LogP contribution in [0.5, 0.6) is 5.75 Å². The molecular formula is C30H26FN7O. The van der Waals surface area contributed by atoms with Crippen molar-refractivity contribution in [1.82, 2.24) is 35.0 Å². The third-order valence-electron chi connectivity index (χ3n) is 7.33. The largest absolute Gasteiger partial charge is 0.497 e. The number of methoxy groups -OCH3 is 1. The van der Waals surface area contributed by atoms with Crippen molar-refractivity contribution in [3.63, 3.8) is 0 Å². The first-order valence-corrected chi connectivity index (χ1v) is 13.0.